The smallest absolute Gasteiger partial charge is 0.260 e. The molecule has 1 aliphatic rings. The predicted molar refractivity (Wildman–Crippen MR) is 116 cm³/mol. The molecule has 0 radical (unpaired) electrons. The lowest BCUT2D eigenvalue weighted by Crippen LogP contribution is -2.89. The highest BCUT2D eigenvalue weighted by Crippen LogP contribution is 2.35. The number of aryl methyl sites for hydroxylation is 2. The summed E-state index contributed by atoms with van der Waals surface area (Å²) in [6.45, 7) is 6.68. The second kappa shape index (κ2) is 8.18. The lowest BCUT2D eigenvalue weighted by Gasteiger charge is -2.17. The van der Waals surface area contributed by atoms with Crippen LogP contribution in [0.15, 0.2) is 35.1 Å². The molecule has 1 aromatic carbocycles. The minimum atomic E-state index is 0.0456. The molecule has 0 saturated carbocycles. The van der Waals surface area contributed by atoms with Crippen LogP contribution in [0.25, 0.3) is 10.2 Å². The fourth-order valence-electron chi connectivity index (χ4n) is 4.30. The van der Waals surface area contributed by atoms with Gasteiger partial charge in [-0.1, -0.05) is 37.3 Å². The van der Waals surface area contributed by atoms with Crippen LogP contribution >= 0.6 is 11.3 Å². The molecule has 28 heavy (non-hydrogen) atoms. The highest BCUT2D eigenvalue weighted by atomic mass is 32.1. The molecule has 148 valence electrons. The molecule has 3 atom stereocenters. The Kier molecular flexibility index (Phi) is 5.65. The molecular formula is C23H30N3OS+. The van der Waals surface area contributed by atoms with Gasteiger partial charge in [-0.2, -0.15) is 0 Å². The molecule has 0 spiro atoms. The zero-order chi connectivity index (χ0) is 19.7. The van der Waals surface area contributed by atoms with Gasteiger partial charge < -0.3 is 10.3 Å². The first kappa shape index (κ1) is 19.3. The van der Waals surface area contributed by atoms with Crippen LogP contribution in [0.1, 0.15) is 61.5 Å². The summed E-state index contributed by atoms with van der Waals surface area (Å²) in [6.07, 6.45) is 5.45. The average Bonchev–Trinajstić information content (AvgIpc) is 3.05. The molecule has 0 fully saturated rings. The largest absolute Gasteiger partial charge is 0.336 e. The van der Waals surface area contributed by atoms with Crippen molar-refractivity contribution in [2.24, 2.45) is 5.92 Å². The molecule has 2 aromatic heterocycles. The molecule has 0 amide bonds. The lowest BCUT2D eigenvalue weighted by atomic mass is 9.89. The molecule has 4 rings (SSSR count). The van der Waals surface area contributed by atoms with Crippen LogP contribution in [0.3, 0.4) is 0 Å². The standard InChI is InChI=1S/C23H29N3OS/c1-14-9-12-18-19(13-14)28-23-20(18)22(27)25-21(26-23)16(3)24-15(2)10-11-17-7-5-4-6-8-17/h4-8,14-16,24H,9-13H2,1-3H3,(H,25,26,27)/p+1/t14-,15-,16-/m0/s1. The number of thiophene rings is 1. The van der Waals surface area contributed by atoms with E-state index in [1.807, 2.05) is 0 Å². The van der Waals surface area contributed by atoms with Gasteiger partial charge in [0.1, 0.15) is 10.9 Å². The van der Waals surface area contributed by atoms with Gasteiger partial charge in [-0.25, -0.2) is 4.98 Å². The fraction of sp³-hybridized carbons (Fsp3) is 0.478. The predicted octanol–water partition coefficient (Wildman–Crippen LogP) is 3.76. The van der Waals surface area contributed by atoms with Gasteiger partial charge in [0.2, 0.25) is 0 Å². The molecule has 0 saturated heterocycles. The van der Waals surface area contributed by atoms with Gasteiger partial charge >= 0.3 is 0 Å². The number of hydrogen-bond acceptors (Lipinski definition) is 3. The summed E-state index contributed by atoms with van der Waals surface area (Å²) >= 11 is 1.73. The summed E-state index contributed by atoms with van der Waals surface area (Å²) in [5, 5.41) is 3.17. The van der Waals surface area contributed by atoms with Crippen molar-refractivity contribution in [3.05, 3.63) is 62.5 Å². The Morgan fingerprint density at radius 1 is 1.29 bits per heavy atom. The summed E-state index contributed by atoms with van der Waals surface area (Å²) in [5.41, 5.74) is 2.68. The third kappa shape index (κ3) is 4.06. The maximum absolute atomic E-state index is 12.8. The summed E-state index contributed by atoms with van der Waals surface area (Å²) in [4.78, 5) is 23.1. The first-order valence-corrected chi connectivity index (χ1v) is 11.3. The Hall–Kier alpha value is -1.98. The molecule has 4 nitrogen and oxygen atoms in total. The van der Waals surface area contributed by atoms with Crippen LogP contribution in [-0.4, -0.2) is 16.0 Å². The zero-order valence-corrected chi connectivity index (χ0v) is 17.8. The third-order valence-corrected chi connectivity index (χ3v) is 7.11. The number of aromatic amines is 1. The van der Waals surface area contributed by atoms with E-state index < -0.39 is 0 Å². The number of aromatic nitrogens is 2. The van der Waals surface area contributed by atoms with E-state index in [0.717, 1.165) is 41.7 Å². The van der Waals surface area contributed by atoms with E-state index in [9.17, 15) is 4.79 Å². The van der Waals surface area contributed by atoms with Crippen molar-refractivity contribution in [1.82, 2.24) is 9.97 Å². The van der Waals surface area contributed by atoms with E-state index in [-0.39, 0.29) is 11.6 Å². The molecule has 1 aliphatic carbocycles. The quantitative estimate of drug-likeness (QED) is 0.666. The normalized spacial score (nSPS) is 18.8. The Morgan fingerprint density at radius 3 is 2.86 bits per heavy atom. The minimum Gasteiger partial charge on any atom is -0.336 e. The van der Waals surface area contributed by atoms with Crippen molar-refractivity contribution in [3.63, 3.8) is 0 Å². The summed E-state index contributed by atoms with van der Waals surface area (Å²) in [7, 11) is 0. The number of quaternary nitrogens is 1. The van der Waals surface area contributed by atoms with Crippen molar-refractivity contribution < 1.29 is 5.32 Å². The van der Waals surface area contributed by atoms with E-state index in [4.69, 9.17) is 4.98 Å². The first-order chi connectivity index (χ1) is 13.5. The first-order valence-electron chi connectivity index (χ1n) is 10.4. The molecule has 3 aromatic rings. The Bertz CT molecular complexity index is 1010. The number of nitrogens with zero attached hydrogens (tertiary/aromatic N) is 1. The average molecular weight is 397 g/mol. The minimum absolute atomic E-state index is 0.0456. The SMILES string of the molecule is C[C@H]1CCc2c(sc3nc([C@H](C)[NH2+][C@@H](C)CCc4ccccc4)[nH]c(=O)c23)C1. The third-order valence-electron chi connectivity index (χ3n) is 5.96. The Morgan fingerprint density at radius 2 is 2.07 bits per heavy atom. The van der Waals surface area contributed by atoms with Crippen molar-refractivity contribution in [3.8, 4) is 0 Å². The van der Waals surface area contributed by atoms with Crippen molar-refractivity contribution >= 4 is 21.6 Å². The number of nitrogens with two attached hydrogens (primary N) is 1. The fourth-order valence-corrected chi connectivity index (χ4v) is 5.69. The number of rotatable bonds is 6. The maximum Gasteiger partial charge on any atom is 0.260 e. The van der Waals surface area contributed by atoms with Crippen LogP contribution in [0.2, 0.25) is 0 Å². The van der Waals surface area contributed by atoms with Gasteiger partial charge in [0.25, 0.3) is 5.56 Å². The van der Waals surface area contributed by atoms with E-state index >= 15 is 0 Å². The van der Waals surface area contributed by atoms with E-state index in [2.05, 4.69) is 61.4 Å². The van der Waals surface area contributed by atoms with E-state index in [1.54, 1.807) is 11.3 Å². The molecule has 0 unspecified atom stereocenters. The molecule has 0 aliphatic heterocycles. The van der Waals surface area contributed by atoms with Gasteiger partial charge in [-0.15, -0.1) is 11.3 Å². The van der Waals surface area contributed by atoms with Crippen molar-refractivity contribution in [2.45, 2.75) is 65.0 Å². The van der Waals surface area contributed by atoms with Gasteiger partial charge in [-0.3, -0.25) is 4.79 Å². The molecule has 5 heteroatoms. The number of nitrogens with one attached hydrogen (secondary N) is 1. The molecule has 2 heterocycles. The van der Waals surface area contributed by atoms with Gasteiger partial charge in [-0.05, 0) is 56.6 Å². The van der Waals surface area contributed by atoms with Gasteiger partial charge in [0.05, 0.1) is 11.4 Å². The number of hydrogen-bond donors (Lipinski definition) is 2. The van der Waals surface area contributed by atoms with E-state index in [0.29, 0.717) is 12.0 Å². The molecular weight excluding hydrogens is 366 g/mol. The number of benzene rings is 1. The highest BCUT2D eigenvalue weighted by Gasteiger charge is 2.24. The maximum atomic E-state index is 12.8. The van der Waals surface area contributed by atoms with Crippen molar-refractivity contribution in [2.75, 3.05) is 0 Å². The topological polar surface area (TPSA) is 62.4 Å². The van der Waals surface area contributed by atoms with Gasteiger partial charge in [0, 0.05) is 11.3 Å². The van der Waals surface area contributed by atoms with Crippen LogP contribution in [-0.2, 0) is 19.3 Å². The summed E-state index contributed by atoms with van der Waals surface area (Å²) < 4.78 is 0. The Labute approximate surface area is 170 Å². The van der Waals surface area contributed by atoms with Crippen molar-refractivity contribution in [1.29, 1.82) is 0 Å². The summed E-state index contributed by atoms with van der Waals surface area (Å²) in [6, 6.07) is 11.2. The summed E-state index contributed by atoms with van der Waals surface area (Å²) in [5.74, 6) is 1.51. The molecule has 3 N–H and O–H groups in total. The van der Waals surface area contributed by atoms with Crippen LogP contribution in [0.4, 0.5) is 0 Å². The zero-order valence-electron chi connectivity index (χ0n) is 17.0. The van der Waals surface area contributed by atoms with Crippen LogP contribution in [0.5, 0.6) is 0 Å². The van der Waals surface area contributed by atoms with Gasteiger partial charge in [0.15, 0.2) is 5.82 Å². The highest BCUT2D eigenvalue weighted by molar-refractivity contribution is 7.18. The monoisotopic (exact) mass is 396 g/mol. The second-order valence-electron chi connectivity index (χ2n) is 8.47. The second-order valence-corrected chi connectivity index (χ2v) is 9.55. The Balaban J connectivity index is 1.48. The number of fused-ring (bicyclic) bond motifs is 3. The number of H-pyrrole nitrogens is 1. The molecule has 0 bridgehead atoms. The lowest BCUT2D eigenvalue weighted by molar-refractivity contribution is -0.723. The van der Waals surface area contributed by atoms with E-state index in [1.165, 1.54) is 22.4 Å². The van der Waals surface area contributed by atoms with Crippen LogP contribution < -0.4 is 10.9 Å². The van der Waals surface area contributed by atoms with Crippen LogP contribution in [0, 0.1) is 5.92 Å².